The molecule has 0 aliphatic rings. The molecule has 22 heavy (non-hydrogen) atoms. The van der Waals surface area contributed by atoms with E-state index in [4.69, 9.17) is 4.74 Å². The lowest BCUT2D eigenvalue weighted by Crippen LogP contribution is -2.02. The van der Waals surface area contributed by atoms with Crippen LogP contribution in [-0.2, 0) is 6.42 Å². The molecule has 0 atom stereocenters. The standard InChI is InChI=1S/C15H16BrN5O/c1-3-10-12(16)11-13(19-10)20-15(21-14(11)22-4-2)18-9-6-5-7-17-8-9/h5-8H,3-4H2,1-2H3,(H2,18,19,20,21). The fourth-order valence-corrected chi connectivity index (χ4v) is 2.92. The van der Waals surface area contributed by atoms with Crippen molar-refractivity contribution in [3.63, 3.8) is 0 Å². The molecule has 0 bridgehead atoms. The third-order valence-corrected chi connectivity index (χ3v) is 4.06. The normalized spacial score (nSPS) is 10.9. The van der Waals surface area contributed by atoms with Gasteiger partial charge in [-0.15, -0.1) is 0 Å². The largest absolute Gasteiger partial charge is 0.477 e. The van der Waals surface area contributed by atoms with Crippen LogP contribution in [0.3, 0.4) is 0 Å². The third kappa shape index (κ3) is 2.76. The lowest BCUT2D eigenvalue weighted by molar-refractivity contribution is 0.331. The van der Waals surface area contributed by atoms with Gasteiger partial charge >= 0.3 is 0 Å². The molecule has 114 valence electrons. The summed E-state index contributed by atoms with van der Waals surface area (Å²) in [6.07, 6.45) is 4.31. The highest BCUT2D eigenvalue weighted by Gasteiger charge is 2.17. The Morgan fingerprint density at radius 3 is 2.86 bits per heavy atom. The lowest BCUT2D eigenvalue weighted by atomic mass is 10.3. The van der Waals surface area contributed by atoms with Crippen LogP contribution >= 0.6 is 15.9 Å². The van der Waals surface area contributed by atoms with Gasteiger partial charge in [-0.05, 0) is 41.4 Å². The van der Waals surface area contributed by atoms with Crippen LogP contribution in [0.25, 0.3) is 11.0 Å². The van der Waals surface area contributed by atoms with E-state index in [1.165, 1.54) is 0 Å². The minimum absolute atomic E-state index is 0.473. The Morgan fingerprint density at radius 2 is 2.18 bits per heavy atom. The van der Waals surface area contributed by atoms with Gasteiger partial charge in [-0.1, -0.05) is 6.92 Å². The summed E-state index contributed by atoms with van der Waals surface area (Å²) >= 11 is 3.60. The first kappa shape index (κ1) is 14.8. The quantitative estimate of drug-likeness (QED) is 0.722. The summed E-state index contributed by atoms with van der Waals surface area (Å²) in [5, 5.41) is 4.01. The topological polar surface area (TPSA) is 75.7 Å². The summed E-state index contributed by atoms with van der Waals surface area (Å²) in [6.45, 7) is 4.55. The molecule has 0 spiro atoms. The molecule has 0 aliphatic carbocycles. The van der Waals surface area contributed by atoms with Crippen molar-refractivity contribution < 1.29 is 4.74 Å². The van der Waals surface area contributed by atoms with E-state index in [9.17, 15) is 0 Å². The molecule has 7 heteroatoms. The van der Waals surface area contributed by atoms with Gasteiger partial charge in [-0.3, -0.25) is 4.98 Å². The average Bonchev–Trinajstić information content (AvgIpc) is 2.85. The average molecular weight is 362 g/mol. The molecular weight excluding hydrogens is 346 g/mol. The maximum absolute atomic E-state index is 5.68. The van der Waals surface area contributed by atoms with Crippen molar-refractivity contribution in [3.8, 4) is 5.88 Å². The number of aromatic nitrogens is 4. The molecule has 2 N–H and O–H groups in total. The van der Waals surface area contributed by atoms with Crippen LogP contribution in [0.2, 0.25) is 0 Å². The van der Waals surface area contributed by atoms with Gasteiger partial charge < -0.3 is 15.0 Å². The molecule has 3 rings (SSSR count). The number of pyridine rings is 1. The van der Waals surface area contributed by atoms with Crippen LogP contribution in [-0.4, -0.2) is 26.5 Å². The smallest absolute Gasteiger partial charge is 0.232 e. The fraction of sp³-hybridized carbons (Fsp3) is 0.267. The molecule has 0 aliphatic heterocycles. The van der Waals surface area contributed by atoms with Gasteiger partial charge in [-0.2, -0.15) is 9.97 Å². The molecule has 0 fully saturated rings. The van der Waals surface area contributed by atoms with Crippen LogP contribution in [0.1, 0.15) is 19.5 Å². The summed E-state index contributed by atoms with van der Waals surface area (Å²) in [6, 6.07) is 3.76. The molecule has 3 aromatic heterocycles. The van der Waals surface area contributed by atoms with Gasteiger partial charge in [0.1, 0.15) is 5.65 Å². The van der Waals surface area contributed by atoms with Crippen molar-refractivity contribution in [2.75, 3.05) is 11.9 Å². The zero-order chi connectivity index (χ0) is 15.5. The molecule has 3 aromatic rings. The molecule has 0 saturated carbocycles. The predicted molar refractivity (Wildman–Crippen MR) is 89.7 cm³/mol. The van der Waals surface area contributed by atoms with Crippen molar-refractivity contribution in [2.24, 2.45) is 0 Å². The number of nitrogens with zero attached hydrogens (tertiary/aromatic N) is 3. The lowest BCUT2D eigenvalue weighted by Gasteiger charge is -2.08. The minimum Gasteiger partial charge on any atom is -0.477 e. The Labute approximate surface area is 136 Å². The highest BCUT2D eigenvalue weighted by Crippen LogP contribution is 2.34. The Morgan fingerprint density at radius 1 is 1.32 bits per heavy atom. The van der Waals surface area contributed by atoms with E-state index in [0.29, 0.717) is 18.4 Å². The van der Waals surface area contributed by atoms with Gasteiger partial charge in [0.2, 0.25) is 11.8 Å². The first-order chi connectivity index (χ1) is 10.7. The van der Waals surface area contributed by atoms with E-state index in [1.54, 1.807) is 12.4 Å². The monoisotopic (exact) mass is 361 g/mol. The fourth-order valence-electron chi connectivity index (χ4n) is 2.18. The summed E-state index contributed by atoms with van der Waals surface area (Å²) in [4.78, 5) is 16.4. The highest BCUT2D eigenvalue weighted by molar-refractivity contribution is 9.10. The van der Waals surface area contributed by atoms with Crippen LogP contribution in [0.5, 0.6) is 5.88 Å². The van der Waals surface area contributed by atoms with E-state index in [-0.39, 0.29) is 0 Å². The van der Waals surface area contributed by atoms with E-state index >= 15 is 0 Å². The van der Waals surface area contributed by atoms with E-state index in [0.717, 1.165) is 33.3 Å². The molecule has 3 heterocycles. The number of ether oxygens (including phenoxy) is 1. The van der Waals surface area contributed by atoms with Gasteiger partial charge in [0.05, 0.1) is 28.4 Å². The molecule has 0 radical (unpaired) electrons. The number of aromatic amines is 1. The number of nitrogens with one attached hydrogen (secondary N) is 2. The second kappa shape index (κ2) is 6.31. The maximum atomic E-state index is 5.68. The van der Waals surface area contributed by atoms with Crippen LogP contribution in [0.4, 0.5) is 11.6 Å². The number of hydrogen-bond donors (Lipinski definition) is 2. The van der Waals surface area contributed by atoms with Crippen molar-refractivity contribution in [2.45, 2.75) is 20.3 Å². The number of fused-ring (bicyclic) bond motifs is 1. The molecule has 6 nitrogen and oxygen atoms in total. The van der Waals surface area contributed by atoms with E-state index in [1.807, 2.05) is 19.1 Å². The van der Waals surface area contributed by atoms with E-state index < -0.39 is 0 Å². The van der Waals surface area contributed by atoms with Gasteiger partial charge in [0.25, 0.3) is 0 Å². The summed E-state index contributed by atoms with van der Waals surface area (Å²) in [7, 11) is 0. The summed E-state index contributed by atoms with van der Waals surface area (Å²) < 4.78 is 6.64. The van der Waals surface area contributed by atoms with Crippen molar-refractivity contribution in [1.29, 1.82) is 0 Å². The first-order valence-electron chi connectivity index (χ1n) is 7.10. The van der Waals surface area contributed by atoms with Crippen LogP contribution < -0.4 is 10.1 Å². The highest BCUT2D eigenvalue weighted by atomic mass is 79.9. The second-order valence-electron chi connectivity index (χ2n) is 4.65. The zero-order valence-electron chi connectivity index (χ0n) is 12.4. The third-order valence-electron chi connectivity index (χ3n) is 3.18. The number of halogens is 1. The first-order valence-corrected chi connectivity index (χ1v) is 7.90. The number of hydrogen-bond acceptors (Lipinski definition) is 5. The van der Waals surface area contributed by atoms with Crippen molar-refractivity contribution in [3.05, 3.63) is 34.7 Å². The van der Waals surface area contributed by atoms with Crippen molar-refractivity contribution in [1.82, 2.24) is 19.9 Å². The molecule has 0 saturated heterocycles. The van der Waals surface area contributed by atoms with Crippen LogP contribution in [0, 0.1) is 0 Å². The molecular formula is C15H16BrN5O. The molecule has 0 aromatic carbocycles. The molecule has 0 amide bonds. The maximum Gasteiger partial charge on any atom is 0.232 e. The van der Waals surface area contributed by atoms with Gasteiger partial charge in [-0.25, -0.2) is 0 Å². The minimum atomic E-state index is 0.473. The Bertz CT molecular complexity index is 787. The zero-order valence-corrected chi connectivity index (χ0v) is 13.9. The Balaban J connectivity index is 2.08. The molecule has 0 unspecified atom stereocenters. The number of aryl methyl sites for hydroxylation is 1. The number of rotatable bonds is 5. The summed E-state index contributed by atoms with van der Waals surface area (Å²) in [5.74, 6) is 1.03. The van der Waals surface area contributed by atoms with Crippen molar-refractivity contribution >= 4 is 38.6 Å². The van der Waals surface area contributed by atoms with Crippen LogP contribution in [0.15, 0.2) is 29.0 Å². The van der Waals surface area contributed by atoms with E-state index in [2.05, 4.69) is 48.1 Å². The Hall–Kier alpha value is -2.15. The predicted octanol–water partition coefficient (Wildman–Crippen LogP) is 3.82. The summed E-state index contributed by atoms with van der Waals surface area (Å²) in [5.41, 5.74) is 2.64. The Kier molecular flexibility index (Phi) is 4.24. The second-order valence-corrected chi connectivity index (χ2v) is 5.44. The van der Waals surface area contributed by atoms with Gasteiger partial charge in [0, 0.05) is 11.9 Å². The number of H-pyrrole nitrogens is 1. The van der Waals surface area contributed by atoms with Gasteiger partial charge in [0.15, 0.2) is 0 Å². The SMILES string of the molecule is CCOc1nc(Nc2cccnc2)nc2[nH]c(CC)c(Br)c12. The number of anilines is 2.